The Balaban J connectivity index is 1.39. The predicted octanol–water partition coefficient (Wildman–Crippen LogP) is 3.50. The van der Waals surface area contributed by atoms with Crippen molar-refractivity contribution in [2.24, 2.45) is 33.2 Å². The highest BCUT2D eigenvalue weighted by Crippen LogP contribution is 2.80. The van der Waals surface area contributed by atoms with Crippen molar-refractivity contribution in [2.45, 2.75) is 82.9 Å². The van der Waals surface area contributed by atoms with E-state index in [1.54, 1.807) is 12.5 Å². The van der Waals surface area contributed by atoms with E-state index in [0.29, 0.717) is 19.6 Å². The van der Waals surface area contributed by atoms with Gasteiger partial charge < -0.3 is 33.1 Å². The summed E-state index contributed by atoms with van der Waals surface area (Å²) in [6.07, 6.45) is 4.20. The lowest BCUT2D eigenvalue weighted by molar-refractivity contribution is -0.209. The second-order valence-corrected chi connectivity index (χ2v) is 13.9. The number of esters is 2. The summed E-state index contributed by atoms with van der Waals surface area (Å²) < 4.78 is 30.8. The molecule has 2 aliphatic carbocycles. The van der Waals surface area contributed by atoms with Gasteiger partial charge in [-0.15, -0.1) is 0 Å². The first kappa shape index (κ1) is 26.5. The molecule has 1 aromatic heterocycles. The van der Waals surface area contributed by atoms with Crippen LogP contribution in [0.25, 0.3) is 0 Å². The van der Waals surface area contributed by atoms with Gasteiger partial charge in [-0.25, -0.2) is 4.79 Å². The molecule has 6 fully saturated rings. The van der Waals surface area contributed by atoms with E-state index in [-0.39, 0.29) is 36.3 Å². The van der Waals surface area contributed by atoms with E-state index < -0.39 is 39.7 Å². The van der Waals surface area contributed by atoms with Gasteiger partial charge in [-0.05, 0) is 59.2 Å². The Labute approximate surface area is 234 Å². The van der Waals surface area contributed by atoms with Gasteiger partial charge in [-0.2, -0.15) is 0 Å². The minimum Gasteiger partial charge on any atom is -0.472 e. The lowest BCUT2D eigenvalue weighted by Crippen LogP contribution is -2.72. The highest BCUT2D eigenvalue weighted by atomic mass is 16.7. The van der Waals surface area contributed by atoms with Crippen molar-refractivity contribution in [2.75, 3.05) is 33.9 Å². The van der Waals surface area contributed by atoms with E-state index in [4.69, 9.17) is 33.4 Å². The van der Waals surface area contributed by atoms with Crippen LogP contribution in [0.4, 0.5) is 0 Å². The number of cyclic esters (lactones) is 2. The molecule has 0 aromatic carbocycles. The molecule has 0 radical (unpaired) electrons. The average molecular weight is 557 g/mol. The fourth-order valence-electron chi connectivity index (χ4n) is 9.84. The Kier molecular flexibility index (Phi) is 5.51. The van der Waals surface area contributed by atoms with E-state index in [1.807, 2.05) is 20.2 Å². The lowest BCUT2D eigenvalue weighted by Gasteiger charge is -2.65. The van der Waals surface area contributed by atoms with Gasteiger partial charge in [-0.1, -0.05) is 19.0 Å². The van der Waals surface area contributed by atoms with Crippen molar-refractivity contribution < 1.29 is 37.8 Å². The van der Waals surface area contributed by atoms with Crippen LogP contribution in [0.15, 0.2) is 28.2 Å². The molecule has 10 nitrogen and oxygen atoms in total. The third kappa shape index (κ3) is 3.08. The number of rotatable bonds is 5. The van der Waals surface area contributed by atoms with E-state index in [2.05, 4.69) is 32.6 Å². The number of oxime groups is 1. The van der Waals surface area contributed by atoms with Crippen molar-refractivity contribution in [3.63, 3.8) is 0 Å². The zero-order valence-corrected chi connectivity index (χ0v) is 24.2. The molecule has 5 heterocycles. The van der Waals surface area contributed by atoms with Crippen molar-refractivity contribution in [3.8, 4) is 0 Å². The maximum atomic E-state index is 13.5. The Bertz CT molecular complexity index is 1260. The fourth-order valence-corrected chi connectivity index (χ4v) is 9.84. The Hall–Kier alpha value is -2.43. The summed E-state index contributed by atoms with van der Waals surface area (Å²) in [6, 6.07) is 1.87. The number of nitrogens with zero attached hydrogens (tertiary/aromatic N) is 2. The Morgan fingerprint density at radius 1 is 1.07 bits per heavy atom. The number of furan rings is 1. The van der Waals surface area contributed by atoms with Gasteiger partial charge in [0.2, 0.25) is 0 Å². The SMILES string of the molecule is CN(C)CCO/N=C1/C[C@H]2C(C)(C)O[C@H]3CC(=O)OC[C@]32[C@H]2CC[C@@]3(C)[C@H](c4ccoc4)OC(=O)[C@H]4O[C@]43[C@]12C. The fraction of sp³-hybridized carbons (Fsp3) is 0.767. The molecule has 2 spiro atoms. The Morgan fingerprint density at radius 2 is 1.88 bits per heavy atom. The van der Waals surface area contributed by atoms with Crippen molar-refractivity contribution >= 4 is 17.7 Å². The molecule has 218 valence electrons. The number of carbonyl (C=O) groups is 2. The molecular formula is C30H40N2O8. The number of hydrogen-bond donors (Lipinski definition) is 0. The third-order valence-electron chi connectivity index (χ3n) is 11.6. The summed E-state index contributed by atoms with van der Waals surface area (Å²) in [4.78, 5) is 34.1. The number of likely N-dealkylation sites (N-methyl/N-ethyl adjacent to an activating group) is 1. The number of epoxide rings is 1. The number of hydrogen-bond acceptors (Lipinski definition) is 10. The quantitative estimate of drug-likeness (QED) is 0.233. The maximum absolute atomic E-state index is 13.5. The molecule has 1 aromatic rings. The van der Waals surface area contributed by atoms with Gasteiger partial charge in [0.05, 0.1) is 36.4 Å². The smallest absolute Gasteiger partial charge is 0.339 e. The van der Waals surface area contributed by atoms with Crippen LogP contribution < -0.4 is 0 Å². The lowest BCUT2D eigenvalue weighted by atomic mass is 9.37. The minimum atomic E-state index is -0.859. The van der Waals surface area contributed by atoms with E-state index in [1.165, 1.54) is 0 Å². The molecule has 9 atom stereocenters. The van der Waals surface area contributed by atoms with Gasteiger partial charge in [0.15, 0.2) is 6.10 Å². The van der Waals surface area contributed by atoms with Crippen LogP contribution in [0, 0.1) is 28.1 Å². The molecule has 40 heavy (non-hydrogen) atoms. The first-order valence-electron chi connectivity index (χ1n) is 14.5. The zero-order chi connectivity index (χ0) is 28.3. The normalized spacial score (nSPS) is 47.4. The topological polar surface area (TPSA) is 112 Å². The number of carbonyl (C=O) groups excluding carboxylic acids is 2. The van der Waals surface area contributed by atoms with Gasteiger partial charge in [-0.3, -0.25) is 4.79 Å². The van der Waals surface area contributed by atoms with Crippen molar-refractivity contribution in [3.05, 3.63) is 24.2 Å². The van der Waals surface area contributed by atoms with Crippen LogP contribution in [0.5, 0.6) is 0 Å². The molecule has 0 N–H and O–H groups in total. The van der Waals surface area contributed by atoms with E-state index in [0.717, 1.165) is 30.7 Å². The van der Waals surface area contributed by atoms with Crippen LogP contribution in [0.2, 0.25) is 0 Å². The largest absolute Gasteiger partial charge is 0.472 e. The highest BCUT2D eigenvalue weighted by Gasteiger charge is 2.89. The van der Waals surface area contributed by atoms with Crippen molar-refractivity contribution in [1.82, 2.24) is 4.90 Å². The second-order valence-electron chi connectivity index (χ2n) is 13.9. The monoisotopic (exact) mass is 556 g/mol. The highest BCUT2D eigenvalue weighted by molar-refractivity contribution is 5.96. The van der Waals surface area contributed by atoms with Gasteiger partial charge in [0, 0.05) is 34.3 Å². The van der Waals surface area contributed by atoms with Crippen LogP contribution in [0.1, 0.15) is 65.0 Å². The maximum Gasteiger partial charge on any atom is 0.339 e. The van der Waals surface area contributed by atoms with Gasteiger partial charge in [0.25, 0.3) is 0 Å². The standard InChI is InChI=1S/C30H40N2O8/c1-26(2)19-13-20(31-37-12-10-32(5)6)28(4)18(29(19)16-36-22(33)14-21(29)39-26)7-9-27(3)23(17-8-11-35-15-17)38-25(34)24-30(27,28)40-24/h8,11,15,18-19,21,23-24H,7,9-10,12-14,16H2,1-6H3/b31-20-/t18-,19-,21-,23-,24+,27-,28-,29+,30+/m0/s1. The molecule has 2 saturated carbocycles. The summed E-state index contributed by atoms with van der Waals surface area (Å²) in [7, 11) is 4.00. The van der Waals surface area contributed by atoms with Gasteiger partial charge >= 0.3 is 11.9 Å². The average Bonchev–Trinajstić information content (AvgIpc) is 3.37. The van der Waals surface area contributed by atoms with Gasteiger partial charge in [0.1, 0.15) is 24.9 Å². The van der Waals surface area contributed by atoms with Crippen LogP contribution in [0.3, 0.4) is 0 Å². The number of ether oxygens (including phenoxy) is 4. The van der Waals surface area contributed by atoms with Crippen LogP contribution in [-0.2, 0) is 33.4 Å². The first-order chi connectivity index (χ1) is 18.9. The number of fused-ring (bicyclic) bond motifs is 1. The summed E-state index contributed by atoms with van der Waals surface area (Å²) in [6.45, 7) is 10.1. The molecule has 0 amide bonds. The van der Waals surface area contributed by atoms with Crippen molar-refractivity contribution in [1.29, 1.82) is 0 Å². The molecule has 0 unspecified atom stereocenters. The Morgan fingerprint density at radius 3 is 2.60 bits per heavy atom. The second kappa shape index (κ2) is 8.32. The molecule has 4 aliphatic heterocycles. The zero-order valence-electron chi connectivity index (χ0n) is 24.2. The predicted molar refractivity (Wildman–Crippen MR) is 141 cm³/mol. The molecule has 6 aliphatic rings. The summed E-state index contributed by atoms with van der Waals surface area (Å²) >= 11 is 0. The first-order valence-corrected chi connectivity index (χ1v) is 14.5. The molecule has 0 bridgehead atoms. The molecule has 4 saturated heterocycles. The van der Waals surface area contributed by atoms with Crippen LogP contribution >= 0.6 is 0 Å². The van der Waals surface area contributed by atoms with E-state index in [9.17, 15) is 9.59 Å². The summed E-state index contributed by atoms with van der Waals surface area (Å²) in [5.41, 5.74) is -1.27. The van der Waals surface area contributed by atoms with Crippen LogP contribution in [-0.4, -0.2) is 79.8 Å². The third-order valence-corrected chi connectivity index (χ3v) is 11.6. The summed E-state index contributed by atoms with van der Waals surface area (Å²) in [5, 5.41) is 4.87. The molecule has 7 rings (SSSR count). The molecular weight excluding hydrogens is 516 g/mol. The summed E-state index contributed by atoms with van der Waals surface area (Å²) in [5.74, 6) is -0.525. The minimum absolute atomic E-state index is 0.0104. The van der Waals surface area contributed by atoms with E-state index >= 15 is 0 Å². The molecule has 10 heteroatoms.